The molecule has 0 aromatic heterocycles. The van der Waals surface area contributed by atoms with Crippen LogP contribution in [0.15, 0.2) is 41.0 Å². The van der Waals surface area contributed by atoms with Gasteiger partial charge >= 0.3 is 0 Å². The van der Waals surface area contributed by atoms with Crippen molar-refractivity contribution in [2.24, 2.45) is 4.99 Å². The van der Waals surface area contributed by atoms with Crippen LogP contribution in [0.5, 0.6) is 0 Å². The molecule has 2 unspecified atom stereocenters. The number of benzene rings is 1. The first-order valence-corrected chi connectivity index (χ1v) is 5.68. The van der Waals surface area contributed by atoms with Crippen molar-refractivity contribution in [2.45, 2.75) is 12.1 Å². The molecule has 16 heavy (non-hydrogen) atoms. The Bertz CT molecular complexity index is 450. The lowest BCUT2D eigenvalue weighted by Crippen LogP contribution is -2.30. The van der Waals surface area contributed by atoms with Crippen LogP contribution in [0.25, 0.3) is 0 Å². The van der Waals surface area contributed by atoms with Crippen molar-refractivity contribution in [2.75, 3.05) is 6.67 Å². The van der Waals surface area contributed by atoms with E-state index in [0.29, 0.717) is 0 Å². The number of nitrogens with zero attached hydrogens (tertiary/aromatic N) is 1. The molecule has 2 N–H and O–H groups in total. The summed E-state index contributed by atoms with van der Waals surface area (Å²) in [6.45, 7) is 0.809. The second-order valence-electron chi connectivity index (χ2n) is 3.95. The number of nitrogens with one attached hydrogen (secondary N) is 2. The van der Waals surface area contributed by atoms with E-state index in [1.165, 1.54) is 11.3 Å². The van der Waals surface area contributed by atoms with Crippen molar-refractivity contribution in [3.63, 3.8) is 0 Å². The van der Waals surface area contributed by atoms with Gasteiger partial charge in [0.1, 0.15) is 0 Å². The van der Waals surface area contributed by atoms with E-state index in [9.17, 15) is 0 Å². The molecule has 3 rings (SSSR count). The highest BCUT2D eigenvalue weighted by molar-refractivity contribution is 6.30. The first kappa shape index (κ1) is 9.87. The average Bonchev–Trinajstić information content (AvgIpc) is 2.78. The lowest BCUT2D eigenvalue weighted by atomic mass is 9.96. The molecular formula is C12H12ClN3. The zero-order valence-electron chi connectivity index (χ0n) is 8.65. The molecule has 1 aromatic carbocycles. The van der Waals surface area contributed by atoms with E-state index in [1.54, 1.807) is 0 Å². The fourth-order valence-electron chi connectivity index (χ4n) is 2.17. The van der Waals surface area contributed by atoms with Crippen LogP contribution < -0.4 is 10.6 Å². The van der Waals surface area contributed by atoms with Gasteiger partial charge in [-0.15, -0.1) is 0 Å². The Balaban J connectivity index is 1.93. The van der Waals surface area contributed by atoms with Gasteiger partial charge in [-0.2, -0.15) is 0 Å². The van der Waals surface area contributed by atoms with Crippen LogP contribution in [0.2, 0.25) is 5.02 Å². The van der Waals surface area contributed by atoms with Crippen molar-refractivity contribution >= 4 is 17.8 Å². The Labute approximate surface area is 99.2 Å². The lowest BCUT2D eigenvalue weighted by Gasteiger charge is -2.23. The molecule has 0 spiro atoms. The van der Waals surface area contributed by atoms with Crippen molar-refractivity contribution in [1.29, 1.82) is 0 Å². The highest BCUT2D eigenvalue weighted by Gasteiger charge is 2.30. The van der Waals surface area contributed by atoms with E-state index in [4.69, 9.17) is 11.6 Å². The predicted octanol–water partition coefficient (Wildman–Crippen LogP) is 1.87. The van der Waals surface area contributed by atoms with Crippen LogP contribution in [0.1, 0.15) is 11.6 Å². The number of halogens is 1. The van der Waals surface area contributed by atoms with Gasteiger partial charge in [0, 0.05) is 16.9 Å². The molecule has 1 fully saturated rings. The molecule has 0 bridgehead atoms. The van der Waals surface area contributed by atoms with Gasteiger partial charge in [-0.25, -0.2) is 0 Å². The standard InChI is InChI=1S/C12H12ClN3/c13-9-3-1-8(2-4-9)11-12-10(5-6-14-11)15-7-16-12/h1-6,11-12,15-16H,7H2. The average molecular weight is 234 g/mol. The quantitative estimate of drug-likeness (QED) is 0.777. The van der Waals surface area contributed by atoms with E-state index in [1.807, 2.05) is 36.6 Å². The number of dihydropyridines is 1. The summed E-state index contributed by atoms with van der Waals surface area (Å²) in [5.74, 6) is 0. The number of allylic oxidation sites excluding steroid dienone is 1. The smallest absolute Gasteiger partial charge is 0.0958 e. The van der Waals surface area contributed by atoms with Crippen LogP contribution in [0.4, 0.5) is 0 Å². The molecule has 1 aromatic rings. The van der Waals surface area contributed by atoms with Crippen LogP contribution >= 0.6 is 11.6 Å². The summed E-state index contributed by atoms with van der Waals surface area (Å²) in [5.41, 5.74) is 2.41. The monoisotopic (exact) mass is 233 g/mol. The van der Waals surface area contributed by atoms with Crippen LogP contribution in [-0.4, -0.2) is 18.9 Å². The number of aliphatic imine (C=N–C) groups is 1. The third-order valence-electron chi connectivity index (χ3n) is 2.98. The second kappa shape index (κ2) is 3.92. The van der Waals surface area contributed by atoms with Crippen molar-refractivity contribution in [3.8, 4) is 0 Å². The minimum absolute atomic E-state index is 0.146. The summed E-state index contributed by atoms with van der Waals surface area (Å²) in [6.07, 6.45) is 3.89. The second-order valence-corrected chi connectivity index (χ2v) is 4.39. The molecule has 0 saturated carbocycles. The summed E-state index contributed by atoms with van der Waals surface area (Å²) in [7, 11) is 0. The first-order chi connectivity index (χ1) is 7.84. The van der Waals surface area contributed by atoms with Gasteiger partial charge < -0.3 is 5.32 Å². The highest BCUT2D eigenvalue weighted by atomic mass is 35.5. The summed E-state index contributed by atoms with van der Waals surface area (Å²) >= 11 is 5.88. The van der Waals surface area contributed by atoms with Crippen LogP contribution in [-0.2, 0) is 0 Å². The normalized spacial score (nSPS) is 27.2. The number of rotatable bonds is 1. The van der Waals surface area contributed by atoms with Crippen molar-refractivity contribution < 1.29 is 0 Å². The Kier molecular flexibility index (Phi) is 2.42. The highest BCUT2D eigenvalue weighted by Crippen LogP contribution is 2.29. The molecule has 3 nitrogen and oxygen atoms in total. The fraction of sp³-hybridized carbons (Fsp3) is 0.250. The summed E-state index contributed by atoms with van der Waals surface area (Å²) < 4.78 is 0. The Morgan fingerprint density at radius 3 is 2.88 bits per heavy atom. The Hall–Kier alpha value is -1.32. The van der Waals surface area contributed by atoms with Gasteiger partial charge in [0.25, 0.3) is 0 Å². The minimum Gasteiger partial charge on any atom is -0.374 e. The van der Waals surface area contributed by atoms with Crippen molar-refractivity contribution in [1.82, 2.24) is 10.6 Å². The molecule has 2 heterocycles. The third kappa shape index (κ3) is 1.62. The first-order valence-electron chi connectivity index (χ1n) is 5.31. The zero-order chi connectivity index (χ0) is 11.0. The number of fused-ring (bicyclic) bond motifs is 1. The molecule has 82 valence electrons. The molecule has 1 saturated heterocycles. The van der Waals surface area contributed by atoms with E-state index in [-0.39, 0.29) is 12.1 Å². The van der Waals surface area contributed by atoms with Gasteiger partial charge in [-0.05, 0) is 23.8 Å². The maximum atomic E-state index is 5.88. The van der Waals surface area contributed by atoms with Crippen LogP contribution in [0, 0.1) is 0 Å². The maximum Gasteiger partial charge on any atom is 0.0958 e. The van der Waals surface area contributed by atoms with E-state index in [0.717, 1.165) is 11.7 Å². The lowest BCUT2D eigenvalue weighted by molar-refractivity contribution is 0.550. The van der Waals surface area contributed by atoms with Gasteiger partial charge in [0.15, 0.2) is 0 Å². The molecule has 0 amide bonds. The van der Waals surface area contributed by atoms with E-state index >= 15 is 0 Å². The molecule has 2 aliphatic rings. The fourth-order valence-corrected chi connectivity index (χ4v) is 2.29. The SMILES string of the molecule is Clc1ccc(C2N=CC=C3NCNC32)cc1. The molecule has 4 heteroatoms. The van der Waals surface area contributed by atoms with E-state index < -0.39 is 0 Å². The van der Waals surface area contributed by atoms with Crippen LogP contribution in [0.3, 0.4) is 0 Å². The van der Waals surface area contributed by atoms with Gasteiger partial charge in [0.05, 0.1) is 18.8 Å². The van der Waals surface area contributed by atoms with Gasteiger partial charge in [-0.3, -0.25) is 10.3 Å². The number of hydrogen-bond donors (Lipinski definition) is 2. The Morgan fingerprint density at radius 1 is 1.25 bits per heavy atom. The molecule has 2 aliphatic heterocycles. The third-order valence-corrected chi connectivity index (χ3v) is 3.23. The molecule has 0 radical (unpaired) electrons. The Morgan fingerprint density at radius 2 is 2.06 bits per heavy atom. The number of hydrogen-bond acceptors (Lipinski definition) is 3. The van der Waals surface area contributed by atoms with Gasteiger partial charge in [0.2, 0.25) is 0 Å². The van der Waals surface area contributed by atoms with Gasteiger partial charge in [-0.1, -0.05) is 23.7 Å². The molecule has 2 atom stereocenters. The summed E-state index contributed by atoms with van der Waals surface area (Å²) in [4.78, 5) is 4.53. The zero-order valence-corrected chi connectivity index (χ0v) is 9.41. The predicted molar refractivity (Wildman–Crippen MR) is 65.7 cm³/mol. The topological polar surface area (TPSA) is 36.4 Å². The molecule has 0 aliphatic carbocycles. The minimum atomic E-state index is 0.146. The molecular weight excluding hydrogens is 222 g/mol. The maximum absolute atomic E-state index is 5.88. The van der Waals surface area contributed by atoms with Crippen molar-refractivity contribution in [3.05, 3.63) is 46.6 Å². The summed E-state index contributed by atoms with van der Waals surface area (Å²) in [5, 5.41) is 7.46. The largest absolute Gasteiger partial charge is 0.374 e. The summed E-state index contributed by atoms with van der Waals surface area (Å²) in [6, 6.07) is 8.30. The van der Waals surface area contributed by atoms with E-state index in [2.05, 4.69) is 15.6 Å².